The van der Waals surface area contributed by atoms with Crippen molar-refractivity contribution in [1.29, 1.82) is 0 Å². The summed E-state index contributed by atoms with van der Waals surface area (Å²) < 4.78 is 0. The van der Waals surface area contributed by atoms with Crippen molar-refractivity contribution in [3.05, 3.63) is 83.9 Å². The maximum absolute atomic E-state index is 2.30. The van der Waals surface area contributed by atoms with Crippen molar-refractivity contribution in [3.63, 3.8) is 0 Å². The first-order chi connectivity index (χ1) is 8.42. The molecule has 0 bridgehead atoms. The minimum atomic E-state index is 0.373. The van der Waals surface area contributed by atoms with Gasteiger partial charge in [0.25, 0.3) is 0 Å². The van der Waals surface area contributed by atoms with Gasteiger partial charge in [-0.3, -0.25) is 0 Å². The van der Waals surface area contributed by atoms with E-state index in [1.54, 1.807) is 0 Å². The minimum absolute atomic E-state index is 0.373. The molecule has 0 amide bonds. The molecule has 86 valence electrons. The molecule has 0 atom stereocenters. The SMILES string of the molecule is CC/C=C/C(c1ccccc1)c1ccccc1. The summed E-state index contributed by atoms with van der Waals surface area (Å²) >= 11 is 0. The number of rotatable bonds is 4. The lowest BCUT2D eigenvalue weighted by molar-refractivity contribution is 1.01. The smallest absolute Gasteiger partial charge is 0.0269 e. The molecule has 0 aromatic heterocycles. The van der Waals surface area contributed by atoms with Crippen LogP contribution in [0.2, 0.25) is 0 Å². The molecular weight excluding hydrogens is 204 g/mol. The number of allylic oxidation sites excluding steroid dienone is 2. The fraction of sp³-hybridized carbons (Fsp3) is 0.176. The molecule has 0 N–H and O–H groups in total. The van der Waals surface area contributed by atoms with Gasteiger partial charge in [0.05, 0.1) is 0 Å². The van der Waals surface area contributed by atoms with Gasteiger partial charge in [-0.15, -0.1) is 0 Å². The minimum Gasteiger partial charge on any atom is -0.0879 e. The highest BCUT2D eigenvalue weighted by Crippen LogP contribution is 2.25. The number of hydrogen-bond donors (Lipinski definition) is 0. The van der Waals surface area contributed by atoms with E-state index in [-0.39, 0.29) is 0 Å². The van der Waals surface area contributed by atoms with Crippen molar-refractivity contribution in [2.24, 2.45) is 0 Å². The quantitative estimate of drug-likeness (QED) is 0.653. The van der Waals surface area contributed by atoms with E-state index in [9.17, 15) is 0 Å². The van der Waals surface area contributed by atoms with E-state index in [2.05, 4.69) is 79.7 Å². The van der Waals surface area contributed by atoms with Crippen LogP contribution in [-0.2, 0) is 0 Å². The Hall–Kier alpha value is -1.82. The summed E-state index contributed by atoms with van der Waals surface area (Å²) in [5.74, 6) is 0.373. The Morgan fingerprint density at radius 1 is 0.824 bits per heavy atom. The van der Waals surface area contributed by atoms with Crippen LogP contribution >= 0.6 is 0 Å². The van der Waals surface area contributed by atoms with E-state index in [1.165, 1.54) is 11.1 Å². The number of benzene rings is 2. The predicted molar refractivity (Wildman–Crippen MR) is 74.2 cm³/mol. The van der Waals surface area contributed by atoms with Crippen molar-refractivity contribution >= 4 is 0 Å². The lowest BCUT2D eigenvalue weighted by Crippen LogP contribution is -1.97. The molecule has 0 heteroatoms. The Balaban J connectivity index is 2.36. The molecule has 2 rings (SSSR count). The van der Waals surface area contributed by atoms with Gasteiger partial charge in [0.2, 0.25) is 0 Å². The molecule has 0 fully saturated rings. The van der Waals surface area contributed by atoms with Gasteiger partial charge in [-0.2, -0.15) is 0 Å². The molecule has 0 saturated heterocycles. The monoisotopic (exact) mass is 222 g/mol. The molecule has 0 aliphatic rings. The largest absolute Gasteiger partial charge is 0.0879 e. The number of hydrogen-bond acceptors (Lipinski definition) is 0. The van der Waals surface area contributed by atoms with Gasteiger partial charge >= 0.3 is 0 Å². The van der Waals surface area contributed by atoms with Crippen LogP contribution < -0.4 is 0 Å². The Morgan fingerprint density at radius 2 is 1.29 bits per heavy atom. The summed E-state index contributed by atoms with van der Waals surface area (Å²) in [6, 6.07) is 21.3. The summed E-state index contributed by atoms with van der Waals surface area (Å²) in [6.07, 6.45) is 5.62. The molecule has 2 aromatic carbocycles. The Kier molecular flexibility index (Phi) is 4.15. The van der Waals surface area contributed by atoms with Crippen LogP contribution in [0.5, 0.6) is 0 Å². The van der Waals surface area contributed by atoms with Crippen molar-refractivity contribution in [3.8, 4) is 0 Å². The molecule has 0 radical (unpaired) electrons. The molecular formula is C17H18. The molecule has 0 aliphatic carbocycles. The van der Waals surface area contributed by atoms with Crippen LogP contribution in [0, 0.1) is 0 Å². The third-order valence-corrected chi connectivity index (χ3v) is 2.88. The summed E-state index contributed by atoms with van der Waals surface area (Å²) in [4.78, 5) is 0. The van der Waals surface area contributed by atoms with Crippen LogP contribution in [-0.4, -0.2) is 0 Å². The lowest BCUT2D eigenvalue weighted by atomic mass is 9.91. The first-order valence-corrected chi connectivity index (χ1v) is 6.18. The molecule has 0 aliphatic heterocycles. The van der Waals surface area contributed by atoms with E-state index in [0.717, 1.165) is 6.42 Å². The van der Waals surface area contributed by atoms with Crippen molar-refractivity contribution < 1.29 is 0 Å². The normalized spacial score (nSPS) is 11.2. The van der Waals surface area contributed by atoms with Crippen LogP contribution in [0.25, 0.3) is 0 Å². The molecule has 0 unspecified atom stereocenters. The third-order valence-electron chi connectivity index (χ3n) is 2.88. The van der Waals surface area contributed by atoms with Gasteiger partial charge in [0.15, 0.2) is 0 Å². The van der Waals surface area contributed by atoms with E-state index >= 15 is 0 Å². The highest BCUT2D eigenvalue weighted by molar-refractivity contribution is 5.36. The van der Waals surface area contributed by atoms with Gasteiger partial charge < -0.3 is 0 Å². The van der Waals surface area contributed by atoms with Crippen LogP contribution in [0.3, 0.4) is 0 Å². The summed E-state index contributed by atoms with van der Waals surface area (Å²) in [7, 11) is 0. The second-order valence-electron chi connectivity index (χ2n) is 4.14. The summed E-state index contributed by atoms with van der Waals surface area (Å²) in [5, 5.41) is 0. The summed E-state index contributed by atoms with van der Waals surface area (Å²) in [5.41, 5.74) is 2.70. The molecule has 0 nitrogen and oxygen atoms in total. The maximum atomic E-state index is 2.30. The highest BCUT2D eigenvalue weighted by Gasteiger charge is 2.09. The average Bonchev–Trinajstić information content (AvgIpc) is 2.42. The van der Waals surface area contributed by atoms with Crippen LogP contribution in [0.4, 0.5) is 0 Å². The van der Waals surface area contributed by atoms with Gasteiger partial charge in [-0.1, -0.05) is 79.7 Å². The standard InChI is InChI=1S/C17H18/c1-2-3-14-17(15-10-6-4-7-11-15)16-12-8-5-9-13-16/h3-14,17H,2H2,1H3/b14-3+. The van der Waals surface area contributed by atoms with Gasteiger partial charge in [-0.05, 0) is 17.5 Å². The fourth-order valence-electron chi connectivity index (χ4n) is 2.01. The van der Waals surface area contributed by atoms with Crippen LogP contribution in [0.15, 0.2) is 72.8 Å². The van der Waals surface area contributed by atoms with Crippen molar-refractivity contribution in [2.75, 3.05) is 0 Å². The Labute approximate surface area is 104 Å². The molecule has 0 spiro atoms. The van der Waals surface area contributed by atoms with Crippen LogP contribution in [0.1, 0.15) is 30.4 Å². The molecule has 0 heterocycles. The summed E-state index contributed by atoms with van der Waals surface area (Å²) in [6.45, 7) is 2.17. The zero-order valence-corrected chi connectivity index (χ0v) is 10.2. The highest BCUT2D eigenvalue weighted by atomic mass is 14.1. The van der Waals surface area contributed by atoms with E-state index in [0.29, 0.717) is 5.92 Å². The lowest BCUT2D eigenvalue weighted by Gasteiger charge is -2.13. The second kappa shape index (κ2) is 6.05. The van der Waals surface area contributed by atoms with Crippen molar-refractivity contribution in [1.82, 2.24) is 0 Å². The Bertz CT molecular complexity index is 414. The van der Waals surface area contributed by atoms with Gasteiger partial charge in [0.1, 0.15) is 0 Å². The third kappa shape index (κ3) is 3.07. The van der Waals surface area contributed by atoms with E-state index in [1.807, 2.05) is 0 Å². The second-order valence-corrected chi connectivity index (χ2v) is 4.14. The predicted octanol–water partition coefficient (Wildman–Crippen LogP) is 4.78. The molecule has 17 heavy (non-hydrogen) atoms. The zero-order valence-electron chi connectivity index (χ0n) is 10.2. The van der Waals surface area contributed by atoms with E-state index in [4.69, 9.17) is 0 Å². The molecule has 0 saturated carbocycles. The van der Waals surface area contributed by atoms with Gasteiger partial charge in [-0.25, -0.2) is 0 Å². The fourth-order valence-corrected chi connectivity index (χ4v) is 2.01. The zero-order chi connectivity index (χ0) is 11.9. The molecule has 2 aromatic rings. The average molecular weight is 222 g/mol. The van der Waals surface area contributed by atoms with E-state index < -0.39 is 0 Å². The first kappa shape index (κ1) is 11.7. The first-order valence-electron chi connectivity index (χ1n) is 6.18. The van der Waals surface area contributed by atoms with Crippen molar-refractivity contribution in [2.45, 2.75) is 19.3 Å². The topological polar surface area (TPSA) is 0 Å². The Morgan fingerprint density at radius 3 is 1.71 bits per heavy atom. The maximum Gasteiger partial charge on any atom is 0.0269 e. The van der Waals surface area contributed by atoms with Gasteiger partial charge in [0, 0.05) is 5.92 Å².